The highest BCUT2D eigenvalue weighted by atomic mass is 35.5. The van der Waals surface area contributed by atoms with Crippen LogP contribution in [0.25, 0.3) is 0 Å². The van der Waals surface area contributed by atoms with E-state index in [2.05, 4.69) is 5.32 Å². The van der Waals surface area contributed by atoms with E-state index in [-0.39, 0.29) is 28.1 Å². The number of benzene rings is 2. The number of carbonyl (C=O) groups excluding carboxylic acids is 1. The fourth-order valence-electron chi connectivity index (χ4n) is 1.54. The minimum Gasteiger partial charge on any atom is -0.481 e. The third-order valence-electron chi connectivity index (χ3n) is 2.47. The van der Waals surface area contributed by atoms with Crippen LogP contribution in [0.4, 0.5) is 10.1 Å². The Morgan fingerprint density at radius 2 is 1.76 bits per heavy atom. The van der Waals surface area contributed by atoms with Crippen molar-refractivity contribution in [1.82, 2.24) is 0 Å². The van der Waals surface area contributed by atoms with Crippen LogP contribution in [0.5, 0.6) is 5.75 Å². The van der Waals surface area contributed by atoms with Crippen LogP contribution in [0.15, 0.2) is 36.4 Å². The standard InChI is InChI=1S/C14H9Cl3FNO2/c15-8-5-9(16)14(10(17)6-8)19-13(20)7-21-12-4-2-1-3-11(12)18/h1-6H,7H2,(H,19,20). The summed E-state index contributed by atoms with van der Waals surface area (Å²) in [6.07, 6.45) is 0. The Hall–Kier alpha value is -1.49. The molecule has 0 atom stereocenters. The number of rotatable bonds is 4. The lowest BCUT2D eigenvalue weighted by atomic mass is 10.3. The smallest absolute Gasteiger partial charge is 0.262 e. The van der Waals surface area contributed by atoms with E-state index >= 15 is 0 Å². The summed E-state index contributed by atoms with van der Waals surface area (Å²) in [6.45, 7) is -0.379. The fraction of sp³-hybridized carbons (Fsp3) is 0.0714. The summed E-state index contributed by atoms with van der Waals surface area (Å²) in [5.41, 5.74) is 0.227. The Morgan fingerprint density at radius 3 is 2.38 bits per heavy atom. The van der Waals surface area contributed by atoms with Crippen molar-refractivity contribution in [1.29, 1.82) is 0 Å². The van der Waals surface area contributed by atoms with Crippen LogP contribution in [0.3, 0.4) is 0 Å². The molecule has 1 N–H and O–H groups in total. The van der Waals surface area contributed by atoms with Crippen molar-refractivity contribution in [3.63, 3.8) is 0 Å². The van der Waals surface area contributed by atoms with E-state index in [0.717, 1.165) is 0 Å². The molecule has 0 heterocycles. The first-order valence-electron chi connectivity index (χ1n) is 5.79. The Balaban J connectivity index is 2.01. The minimum absolute atomic E-state index is 0.0130. The number of para-hydroxylation sites is 1. The average molecular weight is 349 g/mol. The molecule has 0 saturated heterocycles. The van der Waals surface area contributed by atoms with E-state index < -0.39 is 11.7 Å². The normalized spacial score (nSPS) is 10.3. The first kappa shape index (κ1) is 15.9. The zero-order chi connectivity index (χ0) is 15.4. The molecule has 0 aliphatic rings. The van der Waals surface area contributed by atoms with Crippen molar-refractivity contribution in [2.75, 3.05) is 11.9 Å². The van der Waals surface area contributed by atoms with E-state index in [1.165, 1.54) is 30.3 Å². The predicted molar refractivity (Wildman–Crippen MR) is 82.0 cm³/mol. The summed E-state index contributed by atoms with van der Waals surface area (Å²) in [4.78, 5) is 11.8. The quantitative estimate of drug-likeness (QED) is 0.861. The predicted octanol–water partition coefficient (Wildman–Crippen LogP) is 4.80. The fourth-order valence-corrected chi connectivity index (χ4v) is 2.45. The van der Waals surface area contributed by atoms with Crippen LogP contribution in [-0.4, -0.2) is 12.5 Å². The molecule has 0 bridgehead atoms. The second-order valence-corrected chi connectivity index (χ2v) is 5.26. The zero-order valence-electron chi connectivity index (χ0n) is 10.5. The lowest BCUT2D eigenvalue weighted by Gasteiger charge is -2.11. The molecule has 0 saturated carbocycles. The molecule has 0 radical (unpaired) electrons. The molecule has 21 heavy (non-hydrogen) atoms. The number of hydrogen-bond acceptors (Lipinski definition) is 2. The molecular formula is C14H9Cl3FNO2. The molecule has 110 valence electrons. The van der Waals surface area contributed by atoms with Gasteiger partial charge in [-0.15, -0.1) is 0 Å². The summed E-state index contributed by atoms with van der Waals surface area (Å²) in [7, 11) is 0. The van der Waals surface area contributed by atoms with Gasteiger partial charge >= 0.3 is 0 Å². The van der Waals surface area contributed by atoms with E-state index in [1.807, 2.05) is 0 Å². The number of ether oxygens (including phenoxy) is 1. The summed E-state index contributed by atoms with van der Waals surface area (Å²) in [5.74, 6) is -1.09. The highest BCUT2D eigenvalue weighted by molar-refractivity contribution is 6.42. The molecule has 0 spiro atoms. The Labute approximate surface area is 135 Å². The van der Waals surface area contributed by atoms with Gasteiger partial charge in [0.05, 0.1) is 15.7 Å². The second kappa shape index (κ2) is 6.98. The van der Waals surface area contributed by atoms with E-state index in [4.69, 9.17) is 39.5 Å². The highest BCUT2D eigenvalue weighted by Gasteiger charge is 2.12. The number of hydrogen-bond donors (Lipinski definition) is 1. The summed E-state index contributed by atoms with van der Waals surface area (Å²) >= 11 is 17.6. The SMILES string of the molecule is O=C(COc1ccccc1F)Nc1c(Cl)cc(Cl)cc1Cl. The maximum absolute atomic E-state index is 13.3. The Kier molecular flexibility index (Phi) is 5.28. The molecule has 1 amide bonds. The molecule has 0 unspecified atom stereocenters. The molecule has 3 nitrogen and oxygen atoms in total. The van der Waals surface area contributed by atoms with Crippen LogP contribution in [0, 0.1) is 5.82 Å². The van der Waals surface area contributed by atoms with Gasteiger partial charge in [0, 0.05) is 5.02 Å². The van der Waals surface area contributed by atoms with Gasteiger partial charge in [-0.3, -0.25) is 4.79 Å². The third kappa shape index (κ3) is 4.24. The second-order valence-electron chi connectivity index (χ2n) is 4.01. The summed E-state index contributed by atoms with van der Waals surface area (Å²) in [6, 6.07) is 8.68. The van der Waals surface area contributed by atoms with Gasteiger partial charge in [0.25, 0.3) is 5.91 Å². The van der Waals surface area contributed by atoms with Gasteiger partial charge < -0.3 is 10.1 Å². The maximum Gasteiger partial charge on any atom is 0.262 e. The lowest BCUT2D eigenvalue weighted by molar-refractivity contribution is -0.118. The van der Waals surface area contributed by atoms with Crippen LogP contribution in [0.1, 0.15) is 0 Å². The summed E-state index contributed by atoms with van der Waals surface area (Å²) in [5, 5.41) is 3.24. The van der Waals surface area contributed by atoms with E-state index in [9.17, 15) is 9.18 Å². The van der Waals surface area contributed by atoms with Crippen LogP contribution in [0.2, 0.25) is 15.1 Å². The minimum atomic E-state index is -0.548. The Morgan fingerprint density at radius 1 is 1.14 bits per heavy atom. The molecule has 2 aromatic carbocycles. The van der Waals surface area contributed by atoms with Gasteiger partial charge in [-0.2, -0.15) is 0 Å². The van der Waals surface area contributed by atoms with Crippen LogP contribution in [-0.2, 0) is 4.79 Å². The number of anilines is 1. The molecule has 0 aliphatic carbocycles. The van der Waals surface area contributed by atoms with Crippen molar-refractivity contribution in [2.24, 2.45) is 0 Å². The third-order valence-corrected chi connectivity index (χ3v) is 3.28. The van der Waals surface area contributed by atoms with Crippen LogP contribution < -0.4 is 10.1 Å². The first-order valence-corrected chi connectivity index (χ1v) is 6.92. The lowest BCUT2D eigenvalue weighted by Crippen LogP contribution is -2.20. The molecule has 2 rings (SSSR count). The van der Waals surface area contributed by atoms with Crippen molar-refractivity contribution < 1.29 is 13.9 Å². The monoisotopic (exact) mass is 347 g/mol. The Bertz CT molecular complexity index is 656. The largest absolute Gasteiger partial charge is 0.481 e. The van der Waals surface area contributed by atoms with Gasteiger partial charge in [0.1, 0.15) is 0 Å². The van der Waals surface area contributed by atoms with Gasteiger partial charge in [-0.25, -0.2) is 4.39 Å². The number of carbonyl (C=O) groups is 1. The van der Waals surface area contributed by atoms with E-state index in [0.29, 0.717) is 5.02 Å². The topological polar surface area (TPSA) is 38.3 Å². The zero-order valence-corrected chi connectivity index (χ0v) is 12.8. The van der Waals surface area contributed by atoms with Gasteiger partial charge in [-0.05, 0) is 24.3 Å². The van der Waals surface area contributed by atoms with Crippen molar-refractivity contribution >= 4 is 46.4 Å². The van der Waals surface area contributed by atoms with Gasteiger partial charge in [0.2, 0.25) is 0 Å². The molecular weight excluding hydrogens is 340 g/mol. The number of halogens is 4. The van der Waals surface area contributed by atoms with Gasteiger partial charge in [-0.1, -0.05) is 46.9 Å². The molecule has 7 heteroatoms. The van der Waals surface area contributed by atoms with Crippen molar-refractivity contribution in [3.05, 3.63) is 57.3 Å². The van der Waals surface area contributed by atoms with E-state index in [1.54, 1.807) is 6.07 Å². The molecule has 0 aromatic heterocycles. The van der Waals surface area contributed by atoms with Crippen molar-refractivity contribution in [3.8, 4) is 5.75 Å². The molecule has 0 fully saturated rings. The average Bonchev–Trinajstić information content (AvgIpc) is 2.42. The highest BCUT2D eigenvalue weighted by Crippen LogP contribution is 2.33. The van der Waals surface area contributed by atoms with Gasteiger partial charge in [0.15, 0.2) is 18.2 Å². The van der Waals surface area contributed by atoms with Crippen LogP contribution >= 0.6 is 34.8 Å². The van der Waals surface area contributed by atoms with Crippen molar-refractivity contribution in [2.45, 2.75) is 0 Å². The first-order chi connectivity index (χ1) is 9.97. The number of amides is 1. The number of nitrogens with one attached hydrogen (secondary N) is 1. The maximum atomic E-state index is 13.3. The summed E-state index contributed by atoms with van der Waals surface area (Å²) < 4.78 is 18.4. The molecule has 2 aromatic rings. The molecule has 0 aliphatic heterocycles.